The monoisotopic (exact) mass is 256 g/mol. The van der Waals surface area contributed by atoms with Crippen molar-refractivity contribution < 1.29 is 9.18 Å². The number of carbonyl (C=O) groups excluding carboxylic acids is 1. The summed E-state index contributed by atoms with van der Waals surface area (Å²) in [4.78, 5) is 15.4. The summed E-state index contributed by atoms with van der Waals surface area (Å²) in [5.41, 5.74) is 2.06. The molecule has 1 N–H and O–H groups in total. The van der Waals surface area contributed by atoms with Gasteiger partial charge in [0.25, 0.3) is 5.91 Å². The van der Waals surface area contributed by atoms with Gasteiger partial charge in [0.2, 0.25) is 0 Å². The predicted octanol–water partition coefficient (Wildman–Crippen LogP) is 3.19. The first-order valence-corrected chi connectivity index (χ1v) is 5.64. The van der Waals surface area contributed by atoms with Gasteiger partial charge in [-0.05, 0) is 12.1 Å². The first-order valence-electron chi connectivity index (χ1n) is 4.32. The van der Waals surface area contributed by atoms with Crippen molar-refractivity contribution in [1.29, 1.82) is 0 Å². The van der Waals surface area contributed by atoms with Gasteiger partial charge in [-0.15, -0.1) is 11.3 Å². The van der Waals surface area contributed by atoms with E-state index in [9.17, 15) is 9.18 Å². The number of hydrogen-bond acceptors (Lipinski definition) is 3. The predicted molar refractivity (Wildman–Crippen MR) is 61.5 cm³/mol. The lowest BCUT2D eigenvalue weighted by Gasteiger charge is -2.05. The van der Waals surface area contributed by atoms with Crippen LogP contribution in [-0.2, 0) is 0 Å². The lowest BCUT2D eigenvalue weighted by atomic mass is 10.3. The molecule has 2 rings (SSSR count). The van der Waals surface area contributed by atoms with Gasteiger partial charge >= 0.3 is 0 Å². The maximum absolute atomic E-state index is 13.1. The topological polar surface area (TPSA) is 42.0 Å². The first kappa shape index (κ1) is 11.0. The maximum Gasteiger partial charge on any atom is 0.275 e. The van der Waals surface area contributed by atoms with Crippen LogP contribution in [-0.4, -0.2) is 10.9 Å². The molecule has 0 aliphatic rings. The van der Waals surface area contributed by atoms with Crippen molar-refractivity contribution >= 4 is 34.5 Å². The van der Waals surface area contributed by atoms with Gasteiger partial charge in [-0.25, -0.2) is 9.37 Å². The van der Waals surface area contributed by atoms with Crippen LogP contribution < -0.4 is 5.32 Å². The zero-order valence-electron chi connectivity index (χ0n) is 7.91. The van der Waals surface area contributed by atoms with Crippen LogP contribution in [0.4, 0.5) is 10.1 Å². The van der Waals surface area contributed by atoms with Gasteiger partial charge in [0.15, 0.2) is 0 Å². The second-order valence-corrected chi connectivity index (χ2v) is 4.03. The second-order valence-electron chi connectivity index (χ2n) is 2.93. The van der Waals surface area contributed by atoms with Gasteiger partial charge in [0.05, 0.1) is 16.2 Å². The summed E-state index contributed by atoms with van der Waals surface area (Å²) < 4.78 is 13.1. The van der Waals surface area contributed by atoms with E-state index < -0.39 is 11.7 Å². The van der Waals surface area contributed by atoms with Crippen LogP contribution in [0.5, 0.6) is 0 Å². The highest BCUT2D eigenvalue weighted by atomic mass is 35.5. The standard InChI is InChI=1S/C10H6ClFN2OS/c11-9-6(12)2-1-3-7(9)14-10(15)8-4-16-5-13-8/h1-5H,(H,14,15). The highest BCUT2D eigenvalue weighted by Gasteiger charge is 2.11. The molecule has 0 aliphatic heterocycles. The number of anilines is 1. The number of nitrogens with one attached hydrogen (secondary N) is 1. The van der Waals surface area contributed by atoms with E-state index in [1.165, 1.54) is 29.5 Å². The van der Waals surface area contributed by atoms with E-state index in [0.717, 1.165) is 0 Å². The molecule has 3 nitrogen and oxygen atoms in total. The molecule has 0 saturated heterocycles. The highest BCUT2D eigenvalue weighted by Crippen LogP contribution is 2.24. The lowest BCUT2D eigenvalue weighted by molar-refractivity contribution is 0.102. The smallest absolute Gasteiger partial charge is 0.275 e. The second kappa shape index (κ2) is 4.59. The fraction of sp³-hybridized carbons (Fsp3) is 0. The SMILES string of the molecule is O=C(Nc1cccc(F)c1Cl)c1cscn1. The Balaban J connectivity index is 2.22. The summed E-state index contributed by atoms with van der Waals surface area (Å²) in [5, 5.41) is 3.98. The van der Waals surface area contributed by atoms with Crippen molar-refractivity contribution in [1.82, 2.24) is 4.98 Å². The molecule has 1 heterocycles. The molecular weight excluding hydrogens is 251 g/mol. The van der Waals surface area contributed by atoms with Crippen molar-refractivity contribution in [3.05, 3.63) is 45.6 Å². The summed E-state index contributed by atoms with van der Waals surface area (Å²) in [6.45, 7) is 0. The first-order chi connectivity index (χ1) is 7.68. The van der Waals surface area contributed by atoms with Crippen molar-refractivity contribution in [2.45, 2.75) is 0 Å². The molecule has 1 aromatic carbocycles. The summed E-state index contributed by atoms with van der Waals surface area (Å²) >= 11 is 7.00. The molecule has 0 atom stereocenters. The number of thiazole rings is 1. The maximum atomic E-state index is 13.1. The van der Waals surface area contributed by atoms with Crippen molar-refractivity contribution in [2.24, 2.45) is 0 Å². The van der Waals surface area contributed by atoms with Crippen molar-refractivity contribution in [3.63, 3.8) is 0 Å². The van der Waals surface area contributed by atoms with Crippen LogP contribution in [0.1, 0.15) is 10.5 Å². The molecule has 0 fully saturated rings. The molecule has 2 aromatic rings. The molecule has 0 bridgehead atoms. The molecule has 1 aromatic heterocycles. The Kier molecular flexibility index (Phi) is 3.17. The molecule has 82 valence electrons. The quantitative estimate of drug-likeness (QED) is 0.897. The third-order valence-electron chi connectivity index (χ3n) is 1.86. The highest BCUT2D eigenvalue weighted by molar-refractivity contribution is 7.07. The van der Waals surface area contributed by atoms with E-state index >= 15 is 0 Å². The number of hydrogen-bond donors (Lipinski definition) is 1. The number of carbonyl (C=O) groups is 1. The van der Waals surface area contributed by atoms with Crippen molar-refractivity contribution in [2.75, 3.05) is 5.32 Å². The van der Waals surface area contributed by atoms with Gasteiger partial charge in [-0.3, -0.25) is 4.79 Å². The fourth-order valence-corrected chi connectivity index (χ4v) is 1.82. The average molecular weight is 257 g/mol. The van der Waals surface area contributed by atoms with E-state index in [0.29, 0.717) is 0 Å². The normalized spacial score (nSPS) is 10.1. The minimum absolute atomic E-state index is 0.105. The number of rotatable bonds is 2. The number of amides is 1. The van der Waals surface area contributed by atoms with Crippen LogP contribution in [0.3, 0.4) is 0 Å². The third-order valence-corrected chi connectivity index (χ3v) is 2.84. The molecule has 16 heavy (non-hydrogen) atoms. The Bertz CT molecular complexity index is 516. The average Bonchev–Trinajstić information content (AvgIpc) is 2.78. The van der Waals surface area contributed by atoms with Crippen LogP contribution in [0, 0.1) is 5.82 Å². The zero-order chi connectivity index (χ0) is 11.5. The van der Waals surface area contributed by atoms with Crippen LogP contribution >= 0.6 is 22.9 Å². The Morgan fingerprint density at radius 2 is 2.31 bits per heavy atom. The summed E-state index contributed by atoms with van der Waals surface area (Å²) in [6, 6.07) is 4.22. The van der Waals surface area contributed by atoms with E-state index in [2.05, 4.69) is 10.3 Å². The van der Waals surface area contributed by atoms with Gasteiger partial charge < -0.3 is 5.32 Å². The molecule has 1 amide bonds. The number of benzene rings is 1. The number of aromatic nitrogens is 1. The Morgan fingerprint density at radius 3 is 3.00 bits per heavy atom. The molecule has 0 aliphatic carbocycles. The molecule has 0 spiro atoms. The number of halogens is 2. The van der Waals surface area contributed by atoms with Crippen LogP contribution in [0.2, 0.25) is 5.02 Å². The Labute approximate surface area is 99.9 Å². The van der Waals surface area contributed by atoms with Gasteiger partial charge in [-0.2, -0.15) is 0 Å². The Hall–Kier alpha value is -1.46. The van der Waals surface area contributed by atoms with Crippen LogP contribution in [0.25, 0.3) is 0 Å². The number of nitrogens with zero attached hydrogens (tertiary/aromatic N) is 1. The minimum atomic E-state index is -0.572. The fourth-order valence-electron chi connectivity index (χ4n) is 1.11. The molecule has 6 heteroatoms. The molecule has 0 radical (unpaired) electrons. The van der Waals surface area contributed by atoms with Gasteiger partial charge in [0.1, 0.15) is 11.5 Å². The summed E-state index contributed by atoms with van der Waals surface area (Å²) in [5.74, 6) is -0.980. The summed E-state index contributed by atoms with van der Waals surface area (Å²) in [7, 11) is 0. The van der Waals surface area contributed by atoms with E-state index in [1.807, 2.05) is 0 Å². The Morgan fingerprint density at radius 1 is 1.50 bits per heavy atom. The van der Waals surface area contributed by atoms with Crippen LogP contribution in [0.15, 0.2) is 29.1 Å². The van der Waals surface area contributed by atoms with Gasteiger partial charge in [-0.1, -0.05) is 17.7 Å². The molecular formula is C10H6ClFN2OS. The molecule has 0 unspecified atom stereocenters. The minimum Gasteiger partial charge on any atom is -0.319 e. The lowest BCUT2D eigenvalue weighted by Crippen LogP contribution is -2.12. The largest absolute Gasteiger partial charge is 0.319 e. The zero-order valence-corrected chi connectivity index (χ0v) is 9.48. The van der Waals surface area contributed by atoms with E-state index in [-0.39, 0.29) is 16.4 Å². The van der Waals surface area contributed by atoms with Crippen molar-refractivity contribution in [3.8, 4) is 0 Å². The molecule has 0 saturated carbocycles. The van der Waals surface area contributed by atoms with E-state index in [4.69, 9.17) is 11.6 Å². The van der Waals surface area contributed by atoms with Gasteiger partial charge in [0, 0.05) is 5.38 Å². The summed E-state index contributed by atoms with van der Waals surface area (Å²) in [6.07, 6.45) is 0. The third kappa shape index (κ3) is 2.20. The van der Waals surface area contributed by atoms with E-state index in [1.54, 1.807) is 10.9 Å².